The van der Waals surface area contributed by atoms with Crippen LogP contribution in [0.2, 0.25) is 5.02 Å². The first-order chi connectivity index (χ1) is 10.7. The predicted octanol–water partition coefficient (Wildman–Crippen LogP) is 3.51. The third kappa shape index (κ3) is 2.82. The van der Waals surface area contributed by atoms with Gasteiger partial charge in [-0.3, -0.25) is 0 Å². The summed E-state index contributed by atoms with van der Waals surface area (Å²) in [6.45, 7) is -0.604. The van der Waals surface area contributed by atoms with E-state index in [4.69, 9.17) is 16.3 Å². The molecule has 3 aromatic rings. The highest BCUT2D eigenvalue weighted by Crippen LogP contribution is 2.23. The molecule has 1 aromatic carbocycles. The molecule has 2 heterocycles. The molecule has 1 N–H and O–H groups in total. The first-order valence-electron chi connectivity index (χ1n) is 6.68. The average Bonchev–Trinajstić information content (AvgIpc) is 2.95. The van der Waals surface area contributed by atoms with Crippen molar-refractivity contribution < 1.29 is 9.13 Å². The zero-order chi connectivity index (χ0) is 15.5. The fourth-order valence-corrected chi connectivity index (χ4v) is 2.39. The van der Waals surface area contributed by atoms with E-state index in [9.17, 15) is 4.39 Å². The highest BCUT2D eigenvalue weighted by Gasteiger charge is 2.15. The monoisotopic (exact) mass is 320 g/mol. The fraction of sp³-hybridized carbons (Fsp3) is 0.200. The van der Waals surface area contributed by atoms with Crippen molar-refractivity contribution in [2.24, 2.45) is 0 Å². The van der Waals surface area contributed by atoms with Crippen LogP contribution in [0.3, 0.4) is 0 Å². The molecule has 7 heteroatoms. The molecule has 0 amide bonds. The van der Waals surface area contributed by atoms with Crippen LogP contribution in [0.25, 0.3) is 5.65 Å². The second-order valence-corrected chi connectivity index (χ2v) is 5.12. The van der Waals surface area contributed by atoms with Crippen LogP contribution in [0.5, 0.6) is 5.75 Å². The standard InChI is InChI=1S/C15H14ClFN4O/c1-22-13-6-3-7-21-14(13)19-15(20-21)18-12(9-17)10-4-2-5-11(16)8-10/h2-8,12H,9H2,1H3,(H,18,20). The topological polar surface area (TPSA) is 51.5 Å². The number of aromatic nitrogens is 3. The summed E-state index contributed by atoms with van der Waals surface area (Å²) in [5, 5.41) is 7.81. The van der Waals surface area contributed by atoms with Gasteiger partial charge in [0.1, 0.15) is 6.67 Å². The molecule has 1 atom stereocenters. The number of rotatable bonds is 5. The third-order valence-corrected chi connectivity index (χ3v) is 3.49. The van der Waals surface area contributed by atoms with Gasteiger partial charge in [0, 0.05) is 11.2 Å². The highest BCUT2D eigenvalue weighted by molar-refractivity contribution is 6.30. The van der Waals surface area contributed by atoms with Crippen LogP contribution in [-0.2, 0) is 0 Å². The second kappa shape index (κ2) is 6.19. The number of halogens is 2. The van der Waals surface area contributed by atoms with E-state index >= 15 is 0 Å². The number of hydrogen-bond donors (Lipinski definition) is 1. The smallest absolute Gasteiger partial charge is 0.243 e. The van der Waals surface area contributed by atoms with Gasteiger partial charge in [-0.2, -0.15) is 4.98 Å². The van der Waals surface area contributed by atoms with Crippen molar-refractivity contribution in [3.05, 3.63) is 53.2 Å². The van der Waals surface area contributed by atoms with Gasteiger partial charge in [-0.1, -0.05) is 23.7 Å². The van der Waals surface area contributed by atoms with E-state index in [0.717, 1.165) is 5.56 Å². The van der Waals surface area contributed by atoms with Crippen molar-refractivity contribution in [3.8, 4) is 5.75 Å². The number of pyridine rings is 1. The van der Waals surface area contributed by atoms with E-state index in [0.29, 0.717) is 22.4 Å². The normalized spacial score (nSPS) is 12.3. The van der Waals surface area contributed by atoms with Gasteiger partial charge in [-0.15, -0.1) is 5.10 Å². The van der Waals surface area contributed by atoms with E-state index in [1.54, 1.807) is 54.2 Å². The van der Waals surface area contributed by atoms with Gasteiger partial charge in [0.05, 0.1) is 13.2 Å². The molecule has 2 aromatic heterocycles. The Labute approximate surface area is 131 Å². The Bertz CT molecular complexity index is 792. The largest absolute Gasteiger partial charge is 0.493 e. The van der Waals surface area contributed by atoms with Crippen molar-refractivity contribution in [1.29, 1.82) is 0 Å². The zero-order valence-corrected chi connectivity index (χ0v) is 12.6. The van der Waals surface area contributed by atoms with Crippen LogP contribution >= 0.6 is 11.6 Å². The molecule has 114 valence electrons. The molecule has 0 spiro atoms. The molecule has 0 aliphatic carbocycles. The first-order valence-corrected chi connectivity index (χ1v) is 7.06. The Kier molecular flexibility index (Phi) is 4.11. The number of nitrogens with one attached hydrogen (secondary N) is 1. The number of ether oxygens (including phenoxy) is 1. The van der Waals surface area contributed by atoms with Gasteiger partial charge in [0.2, 0.25) is 5.95 Å². The minimum atomic E-state index is -0.604. The lowest BCUT2D eigenvalue weighted by atomic mass is 10.1. The number of methoxy groups -OCH3 is 1. The van der Waals surface area contributed by atoms with E-state index in [1.807, 2.05) is 0 Å². The summed E-state index contributed by atoms with van der Waals surface area (Å²) in [5.41, 5.74) is 1.30. The Morgan fingerprint density at radius 1 is 1.36 bits per heavy atom. The van der Waals surface area contributed by atoms with Crippen LogP contribution in [0, 0.1) is 0 Å². The van der Waals surface area contributed by atoms with Gasteiger partial charge in [0.15, 0.2) is 11.4 Å². The molecule has 0 aliphatic heterocycles. The summed E-state index contributed by atoms with van der Waals surface area (Å²) in [6, 6.07) is 10.1. The van der Waals surface area contributed by atoms with Gasteiger partial charge in [-0.25, -0.2) is 8.91 Å². The molecule has 0 aliphatic rings. The fourth-order valence-electron chi connectivity index (χ4n) is 2.19. The lowest BCUT2D eigenvalue weighted by Gasteiger charge is -2.14. The van der Waals surface area contributed by atoms with E-state index < -0.39 is 12.7 Å². The zero-order valence-electron chi connectivity index (χ0n) is 11.8. The maximum absolute atomic E-state index is 13.4. The molecule has 0 radical (unpaired) electrons. The van der Waals surface area contributed by atoms with Crippen LogP contribution in [-0.4, -0.2) is 28.4 Å². The summed E-state index contributed by atoms with van der Waals surface area (Å²) in [5.74, 6) is 0.926. The molecular formula is C15H14ClFN4O. The van der Waals surface area contributed by atoms with E-state index in [-0.39, 0.29) is 0 Å². The van der Waals surface area contributed by atoms with Crippen LogP contribution in [0.1, 0.15) is 11.6 Å². The Morgan fingerprint density at radius 2 is 2.23 bits per heavy atom. The summed E-state index contributed by atoms with van der Waals surface area (Å²) >= 11 is 5.95. The molecule has 5 nitrogen and oxygen atoms in total. The Hall–Kier alpha value is -2.34. The number of alkyl halides is 1. The Morgan fingerprint density at radius 3 is 2.95 bits per heavy atom. The van der Waals surface area contributed by atoms with Crippen molar-refractivity contribution in [2.45, 2.75) is 6.04 Å². The molecular weight excluding hydrogens is 307 g/mol. The van der Waals surface area contributed by atoms with Crippen LogP contribution in [0.15, 0.2) is 42.6 Å². The first kappa shape index (κ1) is 14.6. The van der Waals surface area contributed by atoms with E-state index in [1.165, 1.54) is 0 Å². The molecule has 3 rings (SSSR count). The maximum atomic E-state index is 13.4. The quantitative estimate of drug-likeness (QED) is 0.781. The summed E-state index contributed by atoms with van der Waals surface area (Å²) in [7, 11) is 1.56. The maximum Gasteiger partial charge on any atom is 0.243 e. The van der Waals surface area contributed by atoms with E-state index in [2.05, 4.69) is 15.4 Å². The third-order valence-electron chi connectivity index (χ3n) is 3.26. The molecule has 0 fully saturated rings. The van der Waals surface area contributed by atoms with Crippen molar-refractivity contribution in [1.82, 2.24) is 14.6 Å². The van der Waals surface area contributed by atoms with Crippen molar-refractivity contribution >= 4 is 23.2 Å². The number of benzene rings is 1. The van der Waals surface area contributed by atoms with Crippen LogP contribution < -0.4 is 10.1 Å². The number of anilines is 1. The lowest BCUT2D eigenvalue weighted by Crippen LogP contribution is -2.13. The van der Waals surface area contributed by atoms with Gasteiger partial charge >= 0.3 is 0 Å². The molecule has 0 saturated carbocycles. The van der Waals surface area contributed by atoms with Crippen molar-refractivity contribution in [2.75, 3.05) is 19.1 Å². The summed E-state index contributed by atoms with van der Waals surface area (Å²) < 4.78 is 20.2. The number of fused-ring (bicyclic) bond motifs is 1. The van der Waals surface area contributed by atoms with Gasteiger partial charge < -0.3 is 10.1 Å². The lowest BCUT2D eigenvalue weighted by molar-refractivity contribution is 0.416. The van der Waals surface area contributed by atoms with Gasteiger partial charge in [-0.05, 0) is 29.8 Å². The predicted molar refractivity (Wildman–Crippen MR) is 83.3 cm³/mol. The molecule has 0 saturated heterocycles. The summed E-state index contributed by atoms with van der Waals surface area (Å²) in [6.07, 6.45) is 1.75. The van der Waals surface area contributed by atoms with Gasteiger partial charge in [0.25, 0.3) is 0 Å². The number of nitrogens with zero attached hydrogens (tertiary/aromatic N) is 3. The number of hydrogen-bond acceptors (Lipinski definition) is 4. The molecule has 1 unspecified atom stereocenters. The molecule has 22 heavy (non-hydrogen) atoms. The minimum absolute atomic E-state index is 0.326. The minimum Gasteiger partial charge on any atom is -0.493 e. The highest BCUT2D eigenvalue weighted by atomic mass is 35.5. The Balaban J connectivity index is 1.91. The summed E-state index contributed by atoms with van der Waals surface area (Å²) in [4.78, 5) is 4.34. The molecule has 0 bridgehead atoms. The average molecular weight is 321 g/mol. The SMILES string of the molecule is COc1cccn2nc(NC(CF)c3cccc(Cl)c3)nc12. The van der Waals surface area contributed by atoms with Crippen LogP contribution in [0.4, 0.5) is 10.3 Å². The van der Waals surface area contributed by atoms with Crippen molar-refractivity contribution in [3.63, 3.8) is 0 Å². The second-order valence-electron chi connectivity index (χ2n) is 4.69.